The van der Waals surface area contributed by atoms with Gasteiger partial charge in [0, 0.05) is 84.7 Å². The minimum Gasteiger partial charge on any atom is -0.311 e. The maximum absolute atomic E-state index is 2.53. The van der Waals surface area contributed by atoms with E-state index in [0.717, 1.165) is 50.7 Å². The normalized spacial score (nSPS) is 13.3. The highest BCUT2D eigenvalue weighted by Gasteiger charge is 2.45. The predicted molar refractivity (Wildman–Crippen MR) is 364 cm³/mol. The first-order valence-electron chi connectivity index (χ1n) is 29.9. The van der Waals surface area contributed by atoms with Gasteiger partial charge in [0.15, 0.2) is 0 Å². The van der Waals surface area contributed by atoms with E-state index in [1.54, 1.807) is 0 Å². The molecular formula is C79H53B2N5. The summed E-state index contributed by atoms with van der Waals surface area (Å²) < 4.78 is 2.53. The van der Waals surface area contributed by atoms with E-state index in [1.165, 1.54) is 106 Å². The molecule has 0 radical (unpaired) electrons. The fraction of sp³-hybridized carbons (Fsp3) is 0.0127. The molecule has 400 valence electrons. The van der Waals surface area contributed by atoms with Crippen LogP contribution >= 0.6 is 0 Å². The first kappa shape index (κ1) is 48.5. The number of hydrogen-bond donors (Lipinski definition) is 0. The van der Waals surface area contributed by atoms with Gasteiger partial charge in [-0.25, -0.2) is 0 Å². The average molecular weight is 1090 g/mol. The van der Waals surface area contributed by atoms with E-state index in [0.29, 0.717) is 0 Å². The monoisotopic (exact) mass is 1090 g/mol. The molecule has 0 saturated carbocycles. The number of fused-ring (bicyclic) bond motifs is 11. The number of rotatable bonds is 7. The van der Waals surface area contributed by atoms with Gasteiger partial charge in [0.1, 0.15) is 0 Å². The number of hydrogen-bond acceptors (Lipinski definition) is 4. The lowest BCUT2D eigenvalue weighted by Crippen LogP contribution is -2.61. The number of benzene rings is 13. The summed E-state index contributed by atoms with van der Waals surface area (Å²) in [5.74, 6) is 0. The topological polar surface area (TPSA) is 17.9 Å². The highest BCUT2D eigenvalue weighted by Crippen LogP contribution is 2.50. The summed E-state index contributed by atoms with van der Waals surface area (Å²) >= 11 is 0. The van der Waals surface area contributed by atoms with Gasteiger partial charge >= 0.3 is 0 Å². The van der Waals surface area contributed by atoms with Gasteiger partial charge in [0.05, 0.1) is 11.0 Å². The van der Waals surface area contributed by atoms with Crippen molar-refractivity contribution in [3.05, 3.63) is 309 Å². The Balaban J connectivity index is 0.964. The van der Waals surface area contributed by atoms with E-state index < -0.39 is 0 Å². The number of para-hydroxylation sites is 10. The molecule has 4 aliphatic heterocycles. The molecule has 0 aliphatic carbocycles. The van der Waals surface area contributed by atoms with Crippen LogP contribution in [-0.4, -0.2) is 18.0 Å². The molecule has 5 nitrogen and oxygen atoms in total. The molecule has 13 aromatic carbocycles. The van der Waals surface area contributed by atoms with E-state index in [4.69, 9.17) is 0 Å². The minimum atomic E-state index is -0.00414. The molecule has 0 fully saturated rings. The minimum absolute atomic E-state index is 0.00414. The Bertz CT molecular complexity index is 4580. The summed E-state index contributed by atoms with van der Waals surface area (Å²) in [6.07, 6.45) is 0. The van der Waals surface area contributed by atoms with Crippen molar-refractivity contribution in [1.29, 1.82) is 0 Å². The van der Waals surface area contributed by atoms with Crippen LogP contribution in [0.4, 0.5) is 68.2 Å². The number of nitrogens with zero attached hydrogens (tertiary/aromatic N) is 5. The van der Waals surface area contributed by atoms with Crippen molar-refractivity contribution in [3.8, 4) is 27.9 Å². The molecule has 0 atom stereocenters. The van der Waals surface area contributed by atoms with E-state index in [2.05, 4.69) is 334 Å². The molecule has 1 aromatic heterocycles. The largest absolute Gasteiger partial charge is 0.311 e. The Morgan fingerprint density at radius 2 is 0.558 bits per heavy atom. The van der Waals surface area contributed by atoms with Gasteiger partial charge in [-0.15, -0.1) is 0 Å². The van der Waals surface area contributed by atoms with Crippen LogP contribution in [0, 0.1) is 6.92 Å². The van der Waals surface area contributed by atoms with Crippen molar-refractivity contribution in [1.82, 2.24) is 4.57 Å². The Labute approximate surface area is 501 Å². The molecule has 4 aliphatic rings. The number of aromatic nitrogens is 1. The second kappa shape index (κ2) is 19.0. The van der Waals surface area contributed by atoms with Crippen LogP contribution < -0.4 is 52.4 Å². The molecule has 0 saturated heterocycles. The van der Waals surface area contributed by atoms with Crippen molar-refractivity contribution in [3.63, 3.8) is 0 Å². The number of anilines is 12. The fourth-order valence-electron chi connectivity index (χ4n) is 15.1. The van der Waals surface area contributed by atoms with Gasteiger partial charge < -0.3 is 24.2 Å². The van der Waals surface area contributed by atoms with E-state index in [1.807, 2.05) is 0 Å². The van der Waals surface area contributed by atoms with Crippen LogP contribution in [0.1, 0.15) is 5.56 Å². The molecule has 0 spiro atoms. The predicted octanol–water partition coefficient (Wildman–Crippen LogP) is 16.6. The van der Waals surface area contributed by atoms with Gasteiger partial charge in [-0.2, -0.15) is 0 Å². The standard InChI is InChI=1S/C79H53B2N5/c1-52-25-24-35-63-62-34-14-19-40-68(62)86(79(52)63)61-46-53(55-48-73-77-74(49-55)83(58-28-8-3-9-29-58)70-42-21-16-37-65(70)80(77)64-36-15-20-41-69(64)82(73)57-26-6-2-7-27-57)45-54(47-61)56-50-75-78-76(51-56)85(60-32-12-5-13-33-60)72-44-23-18-39-67(72)81(78)66-38-17-22-43-71(66)84(75)59-30-10-4-11-31-59/h2-51H,1H3. The van der Waals surface area contributed by atoms with Gasteiger partial charge in [-0.1, -0.05) is 182 Å². The summed E-state index contributed by atoms with van der Waals surface area (Å²) in [6, 6.07) is 113. The summed E-state index contributed by atoms with van der Waals surface area (Å²) in [5, 5.41) is 2.47. The zero-order valence-corrected chi connectivity index (χ0v) is 47.3. The lowest BCUT2D eigenvalue weighted by Gasteiger charge is -2.44. The summed E-state index contributed by atoms with van der Waals surface area (Å²) in [6.45, 7) is 2.25. The van der Waals surface area contributed by atoms with Crippen LogP contribution in [0.3, 0.4) is 0 Å². The van der Waals surface area contributed by atoms with Crippen LogP contribution in [0.2, 0.25) is 0 Å². The summed E-state index contributed by atoms with van der Waals surface area (Å²) in [7, 11) is 0. The average Bonchev–Trinajstić information content (AvgIpc) is 1.27. The second-order valence-corrected chi connectivity index (χ2v) is 23.2. The van der Waals surface area contributed by atoms with Gasteiger partial charge in [-0.3, -0.25) is 0 Å². The molecule has 86 heavy (non-hydrogen) atoms. The van der Waals surface area contributed by atoms with Crippen LogP contribution in [0.5, 0.6) is 0 Å². The molecular weight excluding hydrogens is 1040 g/mol. The molecule has 14 aromatic rings. The Kier molecular flexibility index (Phi) is 10.7. The molecule has 0 amide bonds. The van der Waals surface area contributed by atoms with E-state index in [-0.39, 0.29) is 13.4 Å². The van der Waals surface area contributed by atoms with E-state index >= 15 is 0 Å². The third kappa shape index (κ3) is 7.15. The molecule has 18 rings (SSSR count). The van der Waals surface area contributed by atoms with Crippen LogP contribution in [-0.2, 0) is 0 Å². The Morgan fingerprint density at radius 3 is 0.942 bits per heavy atom. The molecule has 0 bridgehead atoms. The second-order valence-electron chi connectivity index (χ2n) is 23.2. The third-order valence-corrected chi connectivity index (χ3v) is 18.6. The Morgan fingerprint density at radius 1 is 0.244 bits per heavy atom. The zero-order chi connectivity index (χ0) is 56.6. The first-order chi connectivity index (χ1) is 42.6. The Hall–Kier alpha value is -11.0. The lowest BCUT2D eigenvalue weighted by atomic mass is 9.33. The fourth-order valence-corrected chi connectivity index (χ4v) is 15.1. The molecule has 0 N–H and O–H groups in total. The van der Waals surface area contributed by atoms with Crippen molar-refractivity contribution in [2.75, 3.05) is 19.6 Å². The highest BCUT2D eigenvalue weighted by atomic mass is 15.2. The quantitative estimate of drug-likeness (QED) is 0.148. The zero-order valence-electron chi connectivity index (χ0n) is 47.3. The van der Waals surface area contributed by atoms with E-state index in [9.17, 15) is 0 Å². The highest BCUT2D eigenvalue weighted by molar-refractivity contribution is 7.01. The smallest absolute Gasteiger partial charge is 0.252 e. The van der Waals surface area contributed by atoms with Gasteiger partial charge in [0.2, 0.25) is 0 Å². The third-order valence-electron chi connectivity index (χ3n) is 18.6. The van der Waals surface area contributed by atoms with Crippen LogP contribution in [0.15, 0.2) is 303 Å². The van der Waals surface area contributed by atoms with Crippen molar-refractivity contribution >= 4 is 136 Å². The molecule has 5 heterocycles. The maximum Gasteiger partial charge on any atom is 0.252 e. The summed E-state index contributed by atoms with van der Waals surface area (Å²) in [5.41, 5.74) is 30.8. The lowest BCUT2D eigenvalue weighted by molar-refractivity contribution is 1.17. The van der Waals surface area contributed by atoms with Crippen molar-refractivity contribution in [2.24, 2.45) is 0 Å². The van der Waals surface area contributed by atoms with Crippen molar-refractivity contribution in [2.45, 2.75) is 6.92 Å². The van der Waals surface area contributed by atoms with Crippen LogP contribution in [0.25, 0.3) is 49.7 Å². The maximum atomic E-state index is 2.53. The first-order valence-corrected chi connectivity index (χ1v) is 29.9. The van der Waals surface area contributed by atoms with Crippen molar-refractivity contribution < 1.29 is 0 Å². The SMILES string of the molecule is Cc1cccc2c3ccccc3n(-c3cc(-c4cc5c6c(c4)N(c4ccccc4)c4ccccc4B6c4ccccc4N5c4ccccc4)cc(-c4cc5c6c(c4)N(c4ccccc4)c4ccccc4B6c4ccccc4N5c4ccccc4)c3)c12. The molecule has 0 unspecified atom stereocenters. The van der Waals surface area contributed by atoms with Gasteiger partial charge in [0.25, 0.3) is 13.4 Å². The molecule has 7 heteroatoms. The summed E-state index contributed by atoms with van der Waals surface area (Å²) in [4.78, 5) is 10.1. The van der Waals surface area contributed by atoms with Gasteiger partial charge in [-0.05, 0) is 189 Å². The number of aryl methyl sites for hydroxylation is 1.